The van der Waals surface area contributed by atoms with Gasteiger partial charge in [-0.1, -0.05) is 6.07 Å². The minimum Gasteiger partial charge on any atom is -0.360 e. The third-order valence-corrected chi connectivity index (χ3v) is 7.51. The van der Waals surface area contributed by atoms with E-state index in [2.05, 4.69) is 60.0 Å². The minimum atomic E-state index is 0.706. The molecule has 2 aliphatic rings. The van der Waals surface area contributed by atoms with Crippen LogP contribution in [-0.4, -0.2) is 68.6 Å². The lowest BCUT2D eigenvalue weighted by Gasteiger charge is -2.38. The molecule has 0 radical (unpaired) electrons. The van der Waals surface area contributed by atoms with Crippen LogP contribution in [0, 0.1) is 5.92 Å². The van der Waals surface area contributed by atoms with Crippen LogP contribution in [0.4, 0.5) is 5.00 Å². The Kier molecular flexibility index (Phi) is 6.88. The van der Waals surface area contributed by atoms with E-state index in [4.69, 9.17) is 0 Å². The number of nitrogens with one attached hydrogen (secondary N) is 1. The predicted octanol–water partition coefficient (Wildman–Crippen LogP) is 3.42. The van der Waals surface area contributed by atoms with Crippen molar-refractivity contribution in [3.05, 3.63) is 39.9 Å². The molecule has 1 atom stereocenters. The van der Waals surface area contributed by atoms with Crippen LogP contribution in [0.25, 0.3) is 0 Å². The van der Waals surface area contributed by atoms with Crippen LogP contribution >= 0.6 is 22.7 Å². The van der Waals surface area contributed by atoms with E-state index >= 15 is 0 Å². The maximum Gasteiger partial charge on any atom is 0.193 e. The van der Waals surface area contributed by atoms with Crippen molar-refractivity contribution >= 4 is 33.6 Å². The standard InChI is InChI=1S/C21H31N5S2/c1-22-21(26-11-9-25(10-12-26)20-7-4-14-28-20)23-15-18-5-2-8-24(16-18)17-19-6-3-13-27-19/h3-4,6-7,13-14,18H,2,5,8-12,15-17H2,1H3,(H,22,23). The number of rotatable bonds is 5. The Balaban J connectivity index is 1.23. The number of aliphatic imine (C=N–C) groups is 1. The Morgan fingerprint density at radius 2 is 1.93 bits per heavy atom. The summed E-state index contributed by atoms with van der Waals surface area (Å²) in [4.78, 5) is 13.6. The van der Waals surface area contributed by atoms with Crippen molar-refractivity contribution in [3.8, 4) is 0 Å². The van der Waals surface area contributed by atoms with Gasteiger partial charge in [-0.05, 0) is 54.3 Å². The molecule has 0 bridgehead atoms. The van der Waals surface area contributed by atoms with Crippen molar-refractivity contribution < 1.29 is 0 Å². The van der Waals surface area contributed by atoms with E-state index in [-0.39, 0.29) is 0 Å². The van der Waals surface area contributed by atoms with Gasteiger partial charge in [-0.3, -0.25) is 9.89 Å². The molecule has 2 aliphatic heterocycles. The fourth-order valence-corrected chi connectivity index (χ4v) is 5.77. The van der Waals surface area contributed by atoms with Crippen LogP contribution in [0.15, 0.2) is 40.0 Å². The third-order valence-electron chi connectivity index (χ3n) is 5.72. The second kappa shape index (κ2) is 9.76. The molecule has 5 nitrogen and oxygen atoms in total. The number of thiophene rings is 2. The van der Waals surface area contributed by atoms with Crippen molar-refractivity contribution in [1.29, 1.82) is 0 Å². The number of hydrogen-bond acceptors (Lipinski definition) is 5. The predicted molar refractivity (Wildman–Crippen MR) is 122 cm³/mol. The van der Waals surface area contributed by atoms with Gasteiger partial charge in [0.2, 0.25) is 0 Å². The summed E-state index contributed by atoms with van der Waals surface area (Å²) in [5, 5.41) is 9.40. The molecule has 28 heavy (non-hydrogen) atoms. The number of hydrogen-bond donors (Lipinski definition) is 1. The highest BCUT2D eigenvalue weighted by Gasteiger charge is 2.23. The normalized spacial score (nSPS) is 21.9. The van der Waals surface area contributed by atoms with E-state index in [1.165, 1.54) is 35.8 Å². The molecule has 0 spiro atoms. The Labute approximate surface area is 176 Å². The van der Waals surface area contributed by atoms with Gasteiger partial charge in [-0.25, -0.2) is 0 Å². The van der Waals surface area contributed by atoms with Gasteiger partial charge in [0, 0.05) is 57.7 Å². The molecule has 1 unspecified atom stereocenters. The van der Waals surface area contributed by atoms with Gasteiger partial charge in [0.1, 0.15) is 0 Å². The Morgan fingerprint density at radius 1 is 1.11 bits per heavy atom. The number of guanidine groups is 1. The smallest absolute Gasteiger partial charge is 0.193 e. The number of piperazine rings is 1. The zero-order chi connectivity index (χ0) is 19.2. The zero-order valence-electron chi connectivity index (χ0n) is 16.7. The molecule has 4 rings (SSSR count). The topological polar surface area (TPSA) is 34.1 Å². The molecule has 2 fully saturated rings. The molecule has 4 heterocycles. The van der Waals surface area contributed by atoms with E-state index < -0.39 is 0 Å². The van der Waals surface area contributed by atoms with Crippen LogP contribution < -0.4 is 10.2 Å². The summed E-state index contributed by atoms with van der Waals surface area (Å²) < 4.78 is 0. The second-order valence-electron chi connectivity index (χ2n) is 7.68. The first kappa shape index (κ1) is 19.7. The average molecular weight is 418 g/mol. The van der Waals surface area contributed by atoms with Crippen LogP contribution in [0.2, 0.25) is 0 Å². The Hall–Kier alpha value is -1.57. The highest BCUT2D eigenvalue weighted by atomic mass is 32.1. The summed E-state index contributed by atoms with van der Waals surface area (Å²) >= 11 is 3.70. The van der Waals surface area contributed by atoms with Gasteiger partial charge < -0.3 is 15.1 Å². The third kappa shape index (κ3) is 5.07. The summed E-state index contributed by atoms with van der Waals surface area (Å²) in [6.45, 7) is 8.76. The van der Waals surface area contributed by atoms with Gasteiger partial charge in [0.25, 0.3) is 0 Å². The first-order chi connectivity index (χ1) is 13.8. The van der Waals surface area contributed by atoms with Gasteiger partial charge in [0.05, 0.1) is 5.00 Å². The molecule has 152 valence electrons. The molecule has 1 N–H and O–H groups in total. The molecular weight excluding hydrogens is 386 g/mol. The summed E-state index contributed by atoms with van der Waals surface area (Å²) in [6.07, 6.45) is 2.62. The number of piperidine rings is 1. The lowest BCUT2D eigenvalue weighted by atomic mass is 9.98. The van der Waals surface area contributed by atoms with Crippen molar-refractivity contribution in [1.82, 2.24) is 15.1 Å². The molecule has 2 aromatic heterocycles. The summed E-state index contributed by atoms with van der Waals surface area (Å²) in [6, 6.07) is 8.77. The lowest BCUT2D eigenvalue weighted by molar-refractivity contribution is 0.169. The van der Waals surface area contributed by atoms with Crippen molar-refractivity contribution in [2.75, 3.05) is 57.8 Å². The molecule has 2 aromatic rings. The second-order valence-corrected chi connectivity index (χ2v) is 9.63. The van der Waals surface area contributed by atoms with Crippen molar-refractivity contribution in [3.63, 3.8) is 0 Å². The molecule has 0 amide bonds. The molecule has 0 aromatic carbocycles. The van der Waals surface area contributed by atoms with Crippen LogP contribution in [0.1, 0.15) is 17.7 Å². The van der Waals surface area contributed by atoms with Crippen molar-refractivity contribution in [2.45, 2.75) is 19.4 Å². The van der Waals surface area contributed by atoms with E-state index in [0.717, 1.165) is 45.2 Å². The largest absolute Gasteiger partial charge is 0.360 e. The first-order valence-corrected chi connectivity index (χ1v) is 12.1. The molecular formula is C21H31N5S2. The quantitative estimate of drug-likeness (QED) is 0.597. The number of anilines is 1. The monoisotopic (exact) mass is 417 g/mol. The van der Waals surface area contributed by atoms with E-state index in [1.807, 2.05) is 29.7 Å². The maximum absolute atomic E-state index is 4.57. The highest BCUT2D eigenvalue weighted by molar-refractivity contribution is 7.14. The molecule has 0 saturated carbocycles. The first-order valence-electron chi connectivity index (χ1n) is 10.3. The fraction of sp³-hybridized carbons (Fsp3) is 0.571. The summed E-state index contributed by atoms with van der Waals surface area (Å²) in [5.74, 6) is 1.78. The average Bonchev–Trinajstić information content (AvgIpc) is 3.44. The Bertz CT molecular complexity index is 720. The molecule has 2 saturated heterocycles. The van der Waals surface area contributed by atoms with E-state index in [9.17, 15) is 0 Å². The van der Waals surface area contributed by atoms with Crippen LogP contribution in [0.3, 0.4) is 0 Å². The zero-order valence-corrected chi connectivity index (χ0v) is 18.4. The highest BCUT2D eigenvalue weighted by Crippen LogP contribution is 2.23. The lowest BCUT2D eigenvalue weighted by Crippen LogP contribution is -2.53. The van der Waals surface area contributed by atoms with Crippen molar-refractivity contribution in [2.24, 2.45) is 10.9 Å². The minimum absolute atomic E-state index is 0.706. The van der Waals surface area contributed by atoms with Crippen LogP contribution in [0.5, 0.6) is 0 Å². The fourth-order valence-electron chi connectivity index (χ4n) is 4.24. The molecule has 0 aliphatic carbocycles. The summed E-state index contributed by atoms with van der Waals surface area (Å²) in [7, 11) is 1.91. The number of likely N-dealkylation sites (tertiary alicyclic amines) is 1. The number of nitrogens with zero attached hydrogens (tertiary/aromatic N) is 4. The SMILES string of the molecule is CN=C(NCC1CCCN(Cc2cccs2)C1)N1CCN(c2cccs2)CC1. The molecule has 7 heteroatoms. The van der Waals surface area contributed by atoms with Gasteiger partial charge >= 0.3 is 0 Å². The van der Waals surface area contributed by atoms with Crippen LogP contribution in [-0.2, 0) is 6.54 Å². The Morgan fingerprint density at radius 3 is 2.64 bits per heavy atom. The van der Waals surface area contributed by atoms with Gasteiger partial charge in [-0.2, -0.15) is 0 Å². The summed E-state index contributed by atoms with van der Waals surface area (Å²) in [5.41, 5.74) is 0. The van der Waals surface area contributed by atoms with Gasteiger partial charge in [-0.15, -0.1) is 22.7 Å². The van der Waals surface area contributed by atoms with Gasteiger partial charge in [0.15, 0.2) is 5.96 Å². The van der Waals surface area contributed by atoms with E-state index in [0.29, 0.717) is 5.92 Å². The van der Waals surface area contributed by atoms with E-state index in [1.54, 1.807) is 0 Å². The maximum atomic E-state index is 4.57.